The summed E-state index contributed by atoms with van der Waals surface area (Å²) in [6.07, 6.45) is 0. The molecule has 1 rings (SSSR count). The normalized spacial score (nSPS) is 12.1. The Balaban J connectivity index is 2.45. The minimum absolute atomic E-state index is 0.0591. The van der Waals surface area contributed by atoms with Crippen molar-refractivity contribution in [3.8, 4) is 5.75 Å². The van der Waals surface area contributed by atoms with E-state index < -0.39 is 0 Å². The monoisotopic (exact) mass is 278 g/mol. The fourth-order valence-electron chi connectivity index (χ4n) is 2.27. The Morgan fingerprint density at radius 3 is 2.40 bits per heavy atom. The topological polar surface area (TPSA) is 50.4 Å². The first-order valence-corrected chi connectivity index (χ1v) is 7.14. The molecule has 0 fully saturated rings. The van der Waals surface area contributed by atoms with E-state index in [1.54, 1.807) is 0 Å². The van der Waals surface area contributed by atoms with Crippen LogP contribution in [0.3, 0.4) is 0 Å². The molecule has 0 radical (unpaired) electrons. The summed E-state index contributed by atoms with van der Waals surface area (Å²) < 4.78 is 5.64. The SMILES string of the molecule is CCN[C@H](C)CNC(=O)COc1c(C)cc(C)cc1C. The van der Waals surface area contributed by atoms with Crippen molar-refractivity contribution in [2.24, 2.45) is 0 Å². The van der Waals surface area contributed by atoms with E-state index in [1.165, 1.54) is 5.56 Å². The van der Waals surface area contributed by atoms with Crippen molar-refractivity contribution in [1.82, 2.24) is 10.6 Å². The minimum atomic E-state index is -0.0888. The van der Waals surface area contributed by atoms with Crippen molar-refractivity contribution in [2.75, 3.05) is 19.7 Å². The van der Waals surface area contributed by atoms with Crippen molar-refractivity contribution >= 4 is 5.91 Å². The quantitative estimate of drug-likeness (QED) is 0.803. The largest absolute Gasteiger partial charge is 0.483 e. The van der Waals surface area contributed by atoms with Gasteiger partial charge in [-0.2, -0.15) is 0 Å². The van der Waals surface area contributed by atoms with Crippen LogP contribution in [0.15, 0.2) is 12.1 Å². The van der Waals surface area contributed by atoms with Crippen LogP contribution in [0, 0.1) is 20.8 Å². The van der Waals surface area contributed by atoms with Crippen LogP contribution in [0.5, 0.6) is 5.75 Å². The first-order valence-electron chi connectivity index (χ1n) is 7.14. The number of hydrogen-bond donors (Lipinski definition) is 2. The summed E-state index contributed by atoms with van der Waals surface area (Å²) in [7, 11) is 0. The Labute approximate surface area is 121 Å². The minimum Gasteiger partial charge on any atom is -0.483 e. The van der Waals surface area contributed by atoms with Crippen LogP contribution in [-0.4, -0.2) is 31.6 Å². The van der Waals surface area contributed by atoms with E-state index in [-0.39, 0.29) is 18.6 Å². The zero-order valence-corrected chi connectivity index (χ0v) is 13.2. The second kappa shape index (κ2) is 7.90. The molecule has 0 spiro atoms. The van der Waals surface area contributed by atoms with Crippen molar-refractivity contribution in [3.05, 3.63) is 28.8 Å². The Bertz CT molecular complexity index is 435. The summed E-state index contributed by atoms with van der Waals surface area (Å²) in [5.74, 6) is 0.722. The molecule has 4 nitrogen and oxygen atoms in total. The summed E-state index contributed by atoms with van der Waals surface area (Å²) >= 11 is 0. The van der Waals surface area contributed by atoms with E-state index in [4.69, 9.17) is 4.74 Å². The zero-order valence-electron chi connectivity index (χ0n) is 13.2. The number of likely N-dealkylation sites (N-methyl/N-ethyl adjacent to an activating group) is 1. The van der Waals surface area contributed by atoms with Crippen molar-refractivity contribution in [3.63, 3.8) is 0 Å². The van der Waals surface area contributed by atoms with E-state index in [0.717, 1.165) is 23.4 Å². The van der Waals surface area contributed by atoms with Gasteiger partial charge in [0.25, 0.3) is 5.91 Å². The van der Waals surface area contributed by atoms with Crippen LogP contribution < -0.4 is 15.4 Å². The third-order valence-corrected chi connectivity index (χ3v) is 3.11. The molecule has 0 aromatic heterocycles. The van der Waals surface area contributed by atoms with Gasteiger partial charge in [0.2, 0.25) is 0 Å². The Morgan fingerprint density at radius 2 is 1.85 bits per heavy atom. The van der Waals surface area contributed by atoms with Gasteiger partial charge in [-0.15, -0.1) is 0 Å². The smallest absolute Gasteiger partial charge is 0.257 e. The van der Waals surface area contributed by atoms with Crippen molar-refractivity contribution in [2.45, 2.75) is 40.7 Å². The number of nitrogens with one attached hydrogen (secondary N) is 2. The molecule has 0 unspecified atom stereocenters. The highest BCUT2D eigenvalue weighted by molar-refractivity contribution is 5.77. The second-order valence-corrected chi connectivity index (χ2v) is 5.28. The second-order valence-electron chi connectivity index (χ2n) is 5.28. The van der Waals surface area contributed by atoms with Gasteiger partial charge in [-0.05, 0) is 45.4 Å². The van der Waals surface area contributed by atoms with Crippen LogP contribution >= 0.6 is 0 Å². The lowest BCUT2D eigenvalue weighted by Gasteiger charge is -2.15. The molecule has 1 amide bonds. The molecule has 112 valence electrons. The fraction of sp³-hybridized carbons (Fsp3) is 0.562. The number of hydrogen-bond acceptors (Lipinski definition) is 3. The number of ether oxygens (including phenoxy) is 1. The molecule has 1 atom stereocenters. The maximum Gasteiger partial charge on any atom is 0.257 e. The van der Waals surface area contributed by atoms with E-state index >= 15 is 0 Å². The average molecular weight is 278 g/mol. The molecule has 0 aliphatic carbocycles. The summed E-state index contributed by atoms with van der Waals surface area (Å²) in [6, 6.07) is 4.40. The fourth-order valence-corrected chi connectivity index (χ4v) is 2.27. The number of amides is 1. The summed E-state index contributed by atoms with van der Waals surface area (Å²) in [6.45, 7) is 11.7. The third kappa shape index (κ3) is 5.21. The Morgan fingerprint density at radius 1 is 1.25 bits per heavy atom. The number of carbonyl (C=O) groups excluding carboxylic acids is 1. The van der Waals surface area contributed by atoms with E-state index in [9.17, 15) is 4.79 Å². The highest BCUT2D eigenvalue weighted by atomic mass is 16.5. The molecule has 4 heteroatoms. The lowest BCUT2D eigenvalue weighted by Crippen LogP contribution is -2.40. The number of carbonyl (C=O) groups is 1. The van der Waals surface area contributed by atoms with E-state index in [1.807, 2.05) is 27.7 Å². The molecule has 0 saturated carbocycles. The highest BCUT2D eigenvalue weighted by Crippen LogP contribution is 2.24. The van der Waals surface area contributed by atoms with Gasteiger partial charge in [0.1, 0.15) is 5.75 Å². The third-order valence-electron chi connectivity index (χ3n) is 3.11. The number of rotatable bonds is 7. The van der Waals surface area contributed by atoms with Gasteiger partial charge in [0.05, 0.1) is 0 Å². The predicted octanol–water partition coefficient (Wildman–Crippen LogP) is 2.10. The summed E-state index contributed by atoms with van der Waals surface area (Å²) in [5.41, 5.74) is 3.34. The molecule has 0 heterocycles. The van der Waals surface area contributed by atoms with Crippen LogP contribution in [0.4, 0.5) is 0 Å². The molecular weight excluding hydrogens is 252 g/mol. The summed E-state index contributed by atoms with van der Waals surface area (Å²) in [4.78, 5) is 11.8. The van der Waals surface area contributed by atoms with Gasteiger partial charge in [0.15, 0.2) is 6.61 Å². The molecule has 0 saturated heterocycles. The van der Waals surface area contributed by atoms with Gasteiger partial charge >= 0.3 is 0 Å². The van der Waals surface area contributed by atoms with Gasteiger partial charge in [-0.25, -0.2) is 0 Å². The molecule has 0 bridgehead atoms. The van der Waals surface area contributed by atoms with E-state index in [2.05, 4.69) is 29.7 Å². The lowest BCUT2D eigenvalue weighted by atomic mass is 10.1. The first-order chi connectivity index (χ1) is 9.43. The van der Waals surface area contributed by atoms with Crippen molar-refractivity contribution in [1.29, 1.82) is 0 Å². The van der Waals surface area contributed by atoms with Crippen LogP contribution in [0.1, 0.15) is 30.5 Å². The molecule has 20 heavy (non-hydrogen) atoms. The maximum absolute atomic E-state index is 11.8. The number of benzene rings is 1. The number of aryl methyl sites for hydroxylation is 3. The molecule has 1 aromatic carbocycles. The average Bonchev–Trinajstić information content (AvgIpc) is 2.35. The van der Waals surface area contributed by atoms with Gasteiger partial charge < -0.3 is 15.4 Å². The molecular formula is C16H26N2O2. The maximum atomic E-state index is 11.8. The van der Waals surface area contributed by atoms with Crippen LogP contribution in [0.2, 0.25) is 0 Å². The Kier molecular flexibility index (Phi) is 6.52. The van der Waals surface area contributed by atoms with Gasteiger partial charge in [-0.3, -0.25) is 4.79 Å². The molecule has 1 aromatic rings. The van der Waals surface area contributed by atoms with Gasteiger partial charge in [0, 0.05) is 12.6 Å². The Hall–Kier alpha value is -1.55. The summed E-state index contributed by atoms with van der Waals surface area (Å²) in [5, 5.41) is 6.10. The van der Waals surface area contributed by atoms with E-state index in [0.29, 0.717) is 6.54 Å². The molecule has 2 N–H and O–H groups in total. The standard InChI is InChI=1S/C16H26N2O2/c1-6-17-14(5)9-18-15(19)10-20-16-12(3)7-11(2)8-13(16)4/h7-8,14,17H,6,9-10H2,1-5H3,(H,18,19)/t14-/m1/s1. The molecule has 0 aliphatic heterocycles. The zero-order chi connectivity index (χ0) is 15.1. The first kappa shape index (κ1) is 16.5. The van der Waals surface area contributed by atoms with Gasteiger partial charge in [-0.1, -0.05) is 24.6 Å². The molecule has 0 aliphatic rings. The van der Waals surface area contributed by atoms with Crippen molar-refractivity contribution < 1.29 is 9.53 Å². The lowest BCUT2D eigenvalue weighted by molar-refractivity contribution is -0.123. The van der Waals surface area contributed by atoms with Crippen LogP contribution in [-0.2, 0) is 4.79 Å². The van der Waals surface area contributed by atoms with Crippen LogP contribution in [0.25, 0.3) is 0 Å². The predicted molar refractivity (Wildman–Crippen MR) is 82.3 cm³/mol. The highest BCUT2D eigenvalue weighted by Gasteiger charge is 2.09.